The van der Waals surface area contributed by atoms with E-state index in [9.17, 15) is 13.5 Å². The van der Waals surface area contributed by atoms with Crippen LogP contribution in [-0.2, 0) is 10.0 Å². The van der Waals surface area contributed by atoms with E-state index in [-0.39, 0.29) is 23.3 Å². The van der Waals surface area contributed by atoms with Crippen molar-refractivity contribution in [1.82, 2.24) is 9.97 Å². The van der Waals surface area contributed by atoms with E-state index in [4.69, 9.17) is 4.74 Å². The minimum Gasteiger partial charge on any atom is -0.477 e. The Morgan fingerprint density at radius 3 is 2.24 bits per heavy atom. The summed E-state index contributed by atoms with van der Waals surface area (Å²) in [6.45, 7) is 3.59. The normalized spacial score (nSPS) is 11.8. The van der Waals surface area contributed by atoms with Gasteiger partial charge >= 0.3 is 0 Å². The van der Waals surface area contributed by atoms with Gasteiger partial charge in [0.05, 0.1) is 22.8 Å². The summed E-state index contributed by atoms with van der Waals surface area (Å²) in [5.41, 5.74) is 0.430. The molecule has 0 saturated heterocycles. The summed E-state index contributed by atoms with van der Waals surface area (Å²) < 4.78 is 33.4. The number of nitrogens with zero attached hydrogens (tertiary/aromatic N) is 2. The Morgan fingerprint density at radius 2 is 1.62 bits per heavy atom. The molecule has 152 valence electrons. The zero-order valence-electron chi connectivity index (χ0n) is 16.2. The minimum absolute atomic E-state index is 0.0894. The molecule has 3 aromatic rings. The topological polar surface area (TPSA) is 101 Å². The molecule has 0 saturated carbocycles. The van der Waals surface area contributed by atoms with Crippen LogP contribution < -0.4 is 9.46 Å². The number of benzene rings is 2. The lowest BCUT2D eigenvalue weighted by molar-refractivity contribution is 0.0547. The predicted molar refractivity (Wildman–Crippen MR) is 111 cm³/mol. The van der Waals surface area contributed by atoms with Gasteiger partial charge < -0.3 is 9.84 Å². The molecule has 0 atom stereocenters. The third kappa shape index (κ3) is 6.00. The number of anilines is 1. The van der Waals surface area contributed by atoms with Crippen molar-refractivity contribution in [2.45, 2.75) is 30.8 Å². The van der Waals surface area contributed by atoms with Gasteiger partial charge in [0.15, 0.2) is 0 Å². The van der Waals surface area contributed by atoms with Gasteiger partial charge in [0.25, 0.3) is 10.0 Å². The molecule has 0 aliphatic carbocycles. The van der Waals surface area contributed by atoms with E-state index in [2.05, 4.69) is 14.7 Å². The van der Waals surface area contributed by atoms with Crippen molar-refractivity contribution < 1.29 is 18.3 Å². The summed E-state index contributed by atoms with van der Waals surface area (Å²) >= 11 is 0. The monoisotopic (exact) mass is 413 g/mol. The van der Waals surface area contributed by atoms with Crippen LogP contribution in [0.2, 0.25) is 0 Å². The Kier molecular flexibility index (Phi) is 6.14. The first kappa shape index (κ1) is 20.8. The quantitative estimate of drug-likeness (QED) is 0.586. The molecule has 0 amide bonds. The molecule has 29 heavy (non-hydrogen) atoms. The molecule has 3 rings (SSSR count). The van der Waals surface area contributed by atoms with E-state index in [1.807, 2.05) is 30.3 Å². The predicted octanol–water partition coefficient (Wildman–Crippen LogP) is 3.48. The summed E-state index contributed by atoms with van der Waals surface area (Å²) in [4.78, 5) is 8.63. The van der Waals surface area contributed by atoms with Crippen molar-refractivity contribution in [2.75, 3.05) is 11.3 Å². The molecule has 2 N–H and O–H groups in total. The van der Waals surface area contributed by atoms with E-state index >= 15 is 0 Å². The van der Waals surface area contributed by atoms with Crippen LogP contribution in [-0.4, -0.2) is 35.7 Å². The standard InChI is InChI=1S/C21H23N3O4S/c1-21(2,25)13-14-28-19-15-18(16-9-5-3-6-10-16)22-20(23-19)24-29(26,27)17-11-7-4-8-12-17/h3-12,15,25H,13-14H2,1-2H3,(H,22,23,24). The Bertz CT molecular complexity index is 1050. The number of aromatic nitrogens is 2. The molecule has 0 aliphatic rings. The Morgan fingerprint density at radius 1 is 1.00 bits per heavy atom. The van der Waals surface area contributed by atoms with Crippen LogP contribution in [0.3, 0.4) is 0 Å². The molecular formula is C21H23N3O4S. The Balaban J connectivity index is 1.92. The minimum atomic E-state index is -3.84. The smallest absolute Gasteiger partial charge is 0.264 e. The van der Waals surface area contributed by atoms with Gasteiger partial charge in [-0.1, -0.05) is 48.5 Å². The van der Waals surface area contributed by atoms with Crippen molar-refractivity contribution >= 4 is 16.0 Å². The molecule has 0 spiro atoms. The lowest BCUT2D eigenvalue weighted by Gasteiger charge is -2.17. The fourth-order valence-electron chi connectivity index (χ4n) is 2.49. The SMILES string of the molecule is CC(C)(O)CCOc1cc(-c2ccccc2)nc(NS(=O)(=O)c2ccccc2)n1. The van der Waals surface area contributed by atoms with Crippen LogP contribution in [0.15, 0.2) is 71.6 Å². The van der Waals surface area contributed by atoms with E-state index in [0.29, 0.717) is 12.1 Å². The van der Waals surface area contributed by atoms with Gasteiger partial charge in [0.1, 0.15) is 0 Å². The molecule has 2 aromatic carbocycles. The fraction of sp³-hybridized carbons (Fsp3) is 0.238. The highest BCUT2D eigenvalue weighted by Crippen LogP contribution is 2.24. The molecule has 1 aromatic heterocycles. The van der Waals surface area contributed by atoms with Crippen molar-refractivity contribution in [3.05, 3.63) is 66.7 Å². The number of rotatable bonds is 8. The van der Waals surface area contributed by atoms with Crippen LogP contribution in [0.1, 0.15) is 20.3 Å². The maximum atomic E-state index is 12.6. The summed E-state index contributed by atoms with van der Waals surface area (Å²) in [5.74, 6) is 0.127. The first-order chi connectivity index (χ1) is 13.7. The number of nitrogens with one attached hydrogen (secondary N) is 1. The maximum Gasteiger partial charge on any atom is 0.264 e. The van der Waals surface area contributed by atoms with Crippen LogP contribution in [0, 0.1) is 0 Å². The van der Waals surface area contributed by atoms with Crippen molar-refractivity contribution in [2.24, 2.45) is 0 Å². The zero-order chi connectivity index (χ0) is 20.9. The molecule has 7 nitrogen and oxygen atoms in total. The second kappa shape index (κ2) is 8.59. The van der Waals surface area contributed by atoms with Gasteiger partial charge in [-0.15, -0.1) is 0 Å². The maximum absolute atomic E-state index is 12.6. The highest BCUT2D eigenvalue weighted by Gasteiger charge is 2.18. The fourth-order valence-corrected chi connectivity index (χ4v) is 3.45. The second-order valence-electron chi connectivity index (χ2n) is 7.11. The average Bonchev–Trinajstić information content (AvgIpc) is 2.68. The first-order valence-corrected chi connectivity index (χ1v) is 10.6. The van der Waals surface area contributed by atoms with Crippen LogP contribution in [0.5, 0.6) is 5.88 Å². The molecule has 0 fully saturated rings. The largest absolute Gasteiger partial charge is 0.477 e. The van der Waals surface area contributed by atoms with Crippen LogP contribution in [0.25, 0.3) is 11.3 Å². The van der Waals surface area contributed by atoms with Gasteiger partial charge in [0.2, 0.25) is 11.8 Å². The highest BCUT2D eigenvalue weighted by molar-refractivity contribution is 7.92. The number of ether oxygens (including phenoxy) is 1. The van der Waals surface area contributed by atoms with Crippen molar-refractivity contribution in [3.8, 4) is 17.1 Å². The van der Waals surface area contributed by atoms with E-state index in [0.717, 1.165) is 5.56 Å². The lowest BCUT2D eigenvalue weighted by Crippen LogP contribution is -2.22. The Hall–Kier alpha value is -2.97. The van der Waals surface area contributed by atoms with Gasteiger partial charge in [-0.2, -0.15) is 4.98 Å². The van der Waals surface area contributed by atoms with Crippen molar-refractivity contribution in [1.29, 1.82) is 0 Å². The summed E-state index contributed by atoms with van der Waals surface area (Å²) in [5, 5.41) is 9.86. The molecular weight excluding hydrogens is 390 g/mol. The van der Waals surface area contributed by atoms with Gasteiger partial charge in [-0.25, -0.2) is 18.1 Å². The number of hydrogen-bond acceptors (Lipinski definition) is 6. The first-order valence-electron chi connectivity index (χ1n) is 9.10. The molecule has 0 bridgehead atoms. The van der Waals surface area contributed by atoms with E-state index in [1.54, 1.807) is 38.1 Å². The Labute approximate surface area is 170 Å². The molecule has 8 heteroatoms. The molecule has 1 heterocycles. The highest BCUT2D eigenvalue weighted by atomic mass is 32.2. The summed E-state index contributed by atoms with van der Waals surface area (Å²) in [7, 11) is -3.84. The van der Waals surface area contributed by atoms with E-state index in [1.165, 1.54) is 12.1 Å². The van der Waals surface area contributed by atoms with Crippen LogP contribution in [0.4, 0.5) is 5.95 Å². The molecule has 0 radical (unpaired) electrons. The number of hydrogen-bond donors (Lipinski definition) is 2. The van der Waals surface area contributed by atoms with Gasteiger partial charge in [-0.05, 0) is 26.0 Å². The molecule has 0 unspecified atom stereocenters. The third-order valence-corrected chi connectivity index (χ3v) is 5.36. The van der Waals surface area contributed by atoms with Crippen molar-refractivity contribution in [3.63, 3.8) is 0 Å². The molecule has 0 aliphatic heterocycles. The number of sulfonamides is 1. The van der Waals surface area contributed by atoms with E-state index < -0.39 is 15.6 Å². The van der Waals surface area contributed by atoms with Crippen LogP contribution >= 0.6 is 0 Å². The zero-order valence-corrected chi connectivity index (χ0v) is 17.1. The van der Waals surface area contributed by atoms with Gasteiger partial charge in [0, 0.05) is 18.1 Å². The van der Waals surface area contributed by atoms with Gasteiger partial charge in [-0.3, -0.25) is 0 Å². The summed E-state index contributed by atoms with van der Waals surface area (Å²) in [6.07, 6.45) is 0.392. The average molecular weight is 413 g/mol. The summed E-state index contributed by atoms with van der Waals surface area (Å²) in [6, 6.07) is 19.0. The lowest BCUT2D eigenvalue weighted by atomic mass is 10.1. The second-order valence-corrected chi connectivity index (χ2v) is 8.79. The number of aliphatic hydroxyl groups is 1. The third-order valence-electron chi connectivity index (χ3n) is 4.02.